The lowest BCUT2D eigenvalue weighted by Crippen LogP contribution is -2.43. The zero-order chi connectivity index (χ0) is 24.9. The summed E-state index contributed by atoms with van der Waals surface area (Å²) in [6.45, 7) is 4.71. The standard InChI is InChI=1S/C21H31F3N8O2/c1-14-17(11-32(29-14)9-8-30(2)3)27-20-26-10-16(21(22,23)24)18(28-20)25-6-5-7-31(4)19(33)15-12-34-13-15/h10-11,15H,5-9,12-13H2,1-4H3,(H2,25,26,27,28). The van der Waals surface area contributed by atoms with Crippen LogP contribution >= 0.6 is 0 Å². The highest BCUT2D eigenvalue weighted by Crippen LogP contribution is 2.34. The van der Waals surface area contributed by atoms with E-state index in [0.717, 1.165) is 12.7 Å². The Morgan fingerprint density at radius 2 is 2.00 bits per heavy atom. The Morgan fingerprint density at radius 3 is 2.62 bits per heavy atom. The van der Waals surface area contributed by atoms with Gasteiger partial charge in [0.2, 0.25) is 11.9 Å². The molecular weight excluding hydrogens is 453 g/mol. The van der Waals surface area contributed by atoms with Gasteiger partial charge in [0.15, 0.2) is 0 Å². The van der Waals surface area contributed by atoms with Crippen molar-refractivity contribution >= 4 is 23.4 Å². The number of likely N-dealkylation sites (N-methyl/N-ethyl adjacent to an activating group) is 1. The highest BCUT2D eigenvalue weighted by atomic mass is 19.4. The van der Waals surface area contributed by atoms with E-state index >= 15 is 0 Å². The molecule has 0 radical (unpaired) electrons. The van der Waals surface area contributed by atoms with Gasteiger partial charge in [-0.15, -0.1) is 0 Å². The van der Waals surface area contributed by atoms with Crippen molar-refractivity contribution in [2.75, 3.05) is 64.6 Å². The van der Waals surface area contributed by atoms with E-state index in [0.29, 0.717) is 44.1 Å². The van der Waals surface area contributed by atoms with Crippen molar-refractivity contribution in [3.8, 4) is 0 Å². The van der Waals surface area contributed by atoms with Crippen LogP contribution in [0.1, 0.15) is 17.7 Å². The maximum Gasteiger partial charge on any atom is 0.421 e. The van der Waals surface area contributed by atoms with Gasteiger partial charge in [-0.3, -0.25) is 9.48 Å². The number of hydrogen-bond acceptors (Lipinski definition) is 8. The number of aromatic nitrogens is 4. The number of carbonyl (C=O) groups is 1. The minimum absolute atomic E-state index is 0.0164. The van der Waals surface area contributed by atoms with Crippen LogP contribution in [0.4, 0.5) is 30.6 Å². The molecule has 0 unspecified atom stereocenters. The van der Waals surface area contributed by atoms with Gasteiger partial charge in [0, 0.05) is 39.1 Å². The van der Waals surface area contributed by atoms with Crippen LogP contribution in [0.3, 0.4) is 0 Å². The molecule has 0 atom stereocenters. The summed E-state index contributed by atoms with van der Waals surface area (Å²) < 4.78 is 47.2. The minimum Gasteiger partial charge on any atom is -0.380 e. The van der Waals surface area contributed by atoms with Crippen molar-refractivity contribution in [1.29, 1.82) is 0 Å². The predicted molar refractivity (Wildman–Crippen MR) is 121 cm³/mol. The van der Waals surface area contributed by atoms with Crippen LogP contribution < -0.4 is 10.6 Å². The number of alkyl halides is 3. The molecule has 2 aromatic heterocycles. The molecule has 2 N–H and O–H groups in total. The zero-order valence-electron chi connectivity index (χ0n) is 19.8. The summed E-state index contributed by atoms with van der Waals surface area (Å²) in [5.74, 6) is -0.426. The maximum absolute atomic E-state index is 13.5. The molecule has 0 aliphatic carbocycles. The van der Waals surface area contributed by atoms with Gasteiger partial charge in [-0.25, -0.2) is 4.98 Å². The van der Waals surface area contributed by atoms with Crippen LogP contribution in [0.25, 0.3) is 0 Å². The molecule has 1 amide bonds. The fourth-order valence-corrected chi connectivity index (χ4v) is 3.29. The lowest BCUT2D eigenvalue weighted by molar-refractivity contribution is -0.148. The number of halogens is 3. The summed E-state index contributed by atoms with van der Waals surface area (Å²) in [7, 11) is 5.59. The molecule has 2 aromatic rings. The van der Waals surface area contributed by atoms with Crippen molar-refractivity contribution in [2.24, 2.45) is 5.92 Å². The van der Waals surface area contributed by atoms with E-state index in [1.165, 1.54) is 0 Å². The second-order valence-corrected chi connectivity index (χ2v) is 8.55. The molecule has 1 aliphatic rings. The van der Waals surface area contributed by atoms with Crippen molar-refractivity contribution < 1.29 is 22.7 Å². The molecule has 3 heterocycles. The third-order valence-corrected chi connectivity index (χ3v) is 5.39. The summed E-state index contributed by atoms with van der Waals surface area (Å²) in [4.78, 5) is 23.6. The Kier molecular flexibility index (Phi) is 8.31. The van der Waals surface area contributed by atoms with Crippen LogP contribution in [0.2, 0.25) is 0 Å². The second-order valence-electron chi connectivity index (χ2n) is 8.55. The van der Waals surface area contributed by atoms with Crippen LogP contribution in [-0.2, 0) is 22.3 Å². The lowest BCUT2D eigenvalue weighted by Gasteiger charge is -2.29. The minimum atomic E-state index is -4.61. The Labute approximate surface area is 196 Å². The third kappa shape index (κ3) is 6.79. The van der Waals surface area contributed by atoms with Crippen molar-refractivity contribution in [2.45, 2.75) is 26.1 Å². The van der Waals surface area contributed by atoms with Crippen LogP contribution in [0, 0.1) is 12.8 Å². The first-order valence-corrected chi connectivity index (χ1v) is 11.0. The van der Waals surface area contributed by atoms with E-state index in [2.05, 4.69) is 25.7 Å². The third-order valence-electron chi connectivity index (χ3n) is 5.39. The summed E-state index contributed by atoms with van der Waals surface area (Å²) >= 11 is 0. The molecule has 0 aromatic carbocycles. The first-order valence-electron chi connectivity index (χ1n) is 11.0. The predicted octanol–water partition coefficient (Wildman–Crippen LogP) is 2.21. The average Bonchev–Trinajstić information content (AvgIpc) is 3.06. The molecular formula is C21H31F3N8O2. The van der Waals surface area contributed by atoms with Gasteiger partial charge in [0.05, 0.1) is 37.1 Å². The Hall–Kier alpha value is -2.93. The molecule has 1 aliphatic heterocycles. The van der Waals surface area contributed by atoms with Crippen molar-refractivity contribution in [3.63, 3.8) is 0 Å². The lowest BCUT2D eigenvalue weighted by atomic mass is 10.1. The highest BCUT2D eigenvalue weighted by molar-refractivity contribution is 5.79. The number of carbonyl (C=O) groups excluding carboxylic acids is 1. The summed E-state index contributed by atoms with van der Waals surface area (Å²) in [5.41, 5.74) is 0.346. The molecule has 0 spiro atoms. The zero-order valence-corrected chi connectivity index (χ0v) is 19.8. The van der Waals surface area contributed by atoms with Gasteiger partial charge < -0.3 is 25.2 Å². The molecule has 0 bridgehead atoms. The highest BCUT2D eigenvalue weighted by Gasteiger charge is 2.35. The van der Waals surface area contributed by atoms with Gasteiger partial charge in [-0.1, -0.05) is 0 Å². The fraction of sp³-hybridized carbons (Fsp3) is 0.619. The van der Waals surface area contributed by atoms with E-state index in [-0.39, 0.29) is 30.1 Å². The smallest absolute Gasteiger partial charge is 0.380 e. The van der Waals surface area contributed by atoms with Crippen LogP contribution in [0.15, 0.2) is 12.4 Å². The SMILES string of the molecule is Cc1nn(CCN(C)C)cc1Nc1ncc(C(F)(F)F)c(NCCCN(C)C(=O)C2COC2)n1. The van der Waals surface area contributed by atoms with Crippen LogP contribution in [0.5, 0.6) is 0 Å². The first-order chi connectivity index (χ1) is 16.0. The quantitative estimate of drug-likeness (QED) is 0.469. The van der Waals surface area contributed by atoms with E-state index in [1.54, 1.807) is 29.7 Å². The Morgan fingerprint density at radius 1 is 1.26 bits per heavy atom. The number of rotatable bonds is 11. The van der Waals surface area contributed by atoms with E-state index in [9.17, 15) is 18.0 Å². The number of nitrogens with one attached hydrogen (secondary N) is 2. The first kappa shape index (κ1) is 25.7. The van der Waals surface area contributed by atoms with Crippen LogP contribution in [-0.4, -0.2) is 89.4 Å². The van der Waals surface area contributed by atoms with Crippen molar-refractivity contribution in [1.82, 2.24) is 29.5 Å². The second kappa shape index (κ2) is 11.0. The fourth-order valence-electron chi connectivity index (χ4n) is 3.29. The molecule has 13 heteroatoms. The summed E-state index contributed by atoms with van der Waals surface area (Å²) in [6.07, 6.45) is -1.62. The van der Waals surface area contributed by atoms with Gasteiger partial charge >= 0.3 is 6.18 Å². The van der Waals surface area contributed by atoms with E-state index < -0.39 is 11.7 Å². The molecule has 1 fully saturated rings. The Bertz CT molecular complexity index is 975. The largest absolute Gasteiger partial charge is 0.421 e. The summed E-state index contributed by atoms with van der Waals surface area (Å²) in [6, 6.07) is 0. The summed E-state index contributed by atoms with van der Waals surface area (Å²) in [5, 5.41) is 10.1. The molecule has 10 nitrogen and oxygen atoms in total. The number of nitrogens with zero attached hydrogens (tertiary/aromatic N) is 6. The number of ether oxygens (including phenoxy) is 1. The van der Waals surface area contributed by atoms with Gasteiger partial charge in [-0.2, -0.15) is 23.3 Å². The topological polar surface area (TPSA) is 100 Å². The molecule has 1 saturated heterocycles. The maximum atomic E-state index is 13.5. The Balaban J connectivity index is 1.63. The molecule has 0 saturated carbocycles. The number of aryl methyl sites for hydroxylation is 1. The van der Waals surface area contributed by atoms with Gasteiger partial charge in [0.25, 0.3) is 0 Å². The van der Waals surface area contributed by atoms with Crippen molar-refractivity contribution in [3.05, 3.63) is 23.7 Å². The monoisotopic (exact) mass is 484 g/mol. The molecule has 188 valence electrons. The normalized spacial score (nSPS) is 14.2. The number of hydrogen-bond donors (Lipinski definition) is 2. The molecule has 3 rings (SSSR count). The van der Waals surface area contributed by atoms with Gasteiger partial charge in [-0.05, 0) is 27.4 Å². The van der Waals surface area contributed by atoms with Gasteiger partial charge in [0.1, 0.15) is 11.4 Å². The van der Waals surface area contributed by atoms with E-state index in [1.807, 2.05) is 19.0 Å². The average molecular weight is 485 g/mol. The number of amides is 1. The number of anilines is 3. The molecule has 34 heavy (non-hydrogen) atoms. The van der Waals surface area contributed by atoms with E-state index in [4.69, 9.17) is 4.74 Å².